The Bertz CT molecular complexity index is 605. The van der Waals surface area contributed by atoms with E-state index in [1.54, 1.807) is 0 Å². The molecule has 4 nitrogen and oxygen atoms in total. The molecule has 0 radical (unpaired) electrons. The van der Waals surface area contributed by atoms with Gasteiger partial charge in [0, 0.05) is 10.0 Å². The Labute approximate surface area is 113 Å². The molecular formula is C13H13BrN2O2. The standard InChI is InChI=1S/C13H13BrN2O2/c1-7-4-5-11(14)10(6-7)12(17)15-13-8(2)9(3)16-18-13/h4-6H,1-3H3,(H,15,17). The van der Waals surface area contributed by atoms with Crippen LogP contribution in [0, 0.1) is 20.8 Å². The highest BCUT2D eigenvalue weighted by molar-refractivity contribution is 9.10. The third-order valence-electron chi connectivity index (χ3n) is 2.75. The molecule has 1 amide bonds. The number of benzene rings is 1. The van der Waals surface area contributed by atoms with Crippen LogP contribution in [0.2, 0.25) is 0 Å². The fourth-order valence-electron chi connectivity index (χ4n) is 1.52. The van der Waals surface area contributed by atoms with Crippen LogP contribution < -0.4 is 5.32 Å². The number of nitrogens with zero attached hydrogens (tertiary/aromatic N) is 1. The smallest absolute Gasteiger partial charge is 0.259 e. The second-order valence-electron chi connectivity index (χ2n) is 4.16. The summed E-state index contributed by atoms with van der Waals surface area (Å²) < 4.78 is 5.81. The van der Waals surface area contributed by atoms with Crippen molar-refractivity contribution < 1.29 is 9.32 Å². The van der Waals surface area contributed by atoms with Crippen LogP contribution in [-0.2, 0) is 0 Å². The van der Waals surface area contributed by atoms with Gasteiger partial charge in [0.1, 0.15) is 0 Å². The van der Waals surface area contributed by atoms with Crippen molar-refractivity contribution in [2.45, 2.75) is 20.8 Å². The van der Waals surface area contributed by atoms with E-state index in [1.165, 1.54) is 0 Å². The predicted molar refractivity (Wildman–Crippen MR) is 72.8 cm³/mol. The lowest BCUT2D eigenvalue weighted by Crippen LogP contribution is -2.13. The first-order valence-corrected chi connectivity index (χ1v) is 6.28. The number of amides is 1. The topological polar surface area (TPSA) is 55.1 Å². The van der Waals surface area contributed by atoms with E-state index in [2.05, 4.69) is 26.4 Å². The molecule has 0 saturated carbocycles. The van der Waals surface area contributed by atoms with Gasteiger partial charge in [0.05, 0.1) is 11.3 Å². The van der Waals surface area contributed by atoms with Crippen molar-refractivity contribution in [3.63, 3.8) is 0 Å². The van der Waals surface area contributed by atoms with Gasteiger partial charge in [-0.2, -0.15) is 0 Å². The fourth-order valence-corrected chi connectivity index (χ4v) is 1.94. The highest BCUT2D eigenvalue weighted by Gasteiger charge is 2.15. The molecule has 0 aliphatic rings. The first-order valence-electron chi connectivity index (χ1n) is 5.49. The highest BCUT2D eigenvalue weighted by Crippen LogP contribution is 2.22. The summed E-state index contributed by atoms with van der Waals surface area (Å²) in [7, 11) is 0. The molecule has 2 rings (SSSR count). The molecule has 0 bridgehead atoms. The Morgan fingerprint density at radius 3 is 2.67 bits per heavy atom. The summed E-state index contributed by atoms with van der Waals surface area (Å²) in [6.45, 7) is 5.62. The van der Waals surface area contributed by atoms with Crippen LogP contribution >= 0.6 is 15.9 Å². The van der Waals surface area contributed by atoms with Crippen molar-refractivity contribution in [3.05, 3.63) is 45.1 Å². The molecule has 0 aliphatic carbocycles. The zero-order valence-electron chi connectivity index (χ0n) is 10.4. The summed E-state index contributed by atoms with van der Waals surface area (Å²) in [4.78, 5) is 12.1. The van der Waals surface area contributed by atoms with Crippen LogP contribution in [0.4, 0.5) is 5.88 Å². The van der Waals surface area contributed by atoms with Gasteiger partial charge in [0.2, 0.25) is 5.88 Å². The Morgan fingerprint density at radius 1 is 1.33 bits per heavy atom. The molecule has 0 unspecified atom stereocenters. The van der Waals surface area contributed by atoms with Crippen molar-refractivity contribution >= 4 is 27.7 Å². The maximum absolute atomic E-state index is 12.1. The van der Waals surface area contributed by atoms with Crippen LogP contribution in [0.5, 0.6) is 0 Å². The second kappa shape index (κ2) is 4.94. The van der Waals surface area contributed by atoms with Crippen LogP contribution in [0.25, 0.3) is 0 Å². The van der Waals surface area contributed by atoms with E-state index in [0.717, 1.165) is 21.3 Å². The van der Waals surface area contributed by atoms with Gasteiger partial charge in [-0.15, -0.1) is 0 Å². The van der Waals surface area contributed by atoms with E-state index in [-0.39, 0.29) is 5.91 Å². The summed E-state index contributed by atoms with van der Waals surface area (Å²) in [6.07, 6.45) is 0. The van der Waals surface area contributed by atoms with E-state index in [0.29, 0.717) is 11.4 Å². The zero-order chi connectivity index (χ0) is 13.3. The molecule has 1 heterocycles. The third kappa shape index (κ3) is 2.46. The summed E-state index contributed by atoms with van der Waals surface area (Å²) in [5, 5.41) is 6.52. The third-order valence-corrected chi connectivity index (χ3v) is 3.44. The normalized spacial score (nSPS) is 10.4. The summed E-state index contributed by atoms with van der Waals surface area (Å²) in [6, 6.07) is 5.60. The Balaban J connectivity index is 2.27. The zero-order valence-corrected chi connectivity index (χ0v) is 12.0. The molecule has 1 aromatic heterocycles. The number of nitrogens with one attached hydrogen (secondary N) is 1. The molecule has 0 aliphatic heterocycles. The molecule has 1 N–H and O–H groups in total. The van der Waals surface area contributed by atoms with E-state index < -0.39 is 0 Å². The van der Waals surface area contributed by atoms with Gasteiger partial charge in [-0.05, 0) is 48.8 Å². The molecule has 5 heteroatoms. The molecule has 0 fully saturated rings. The highest BCUT2D eigenvalue weighted by atomic mass is 79.9. The molecule has 0 saturated heterocycles. The summed E-state index contributed by atoms with van der Waals surface area (Å²) >= 11 is 3.36. The lowest BCUT2D eigenvalue weighted by molar-refractivity contribution is 0.102. The fraction of sp³-hybridized carbons (Fsp3) is 0.231. The van der Waals surface area contributed by atoms with E-state index in [9.17, 15) is 4.79 Å². The monoisotopic (exact) mass is 308 g/mol. The minimum atomic E-state index is -0.218. The molecule has 2 aromatic rings. The van der Waals surface area contributed by atoms with Crippen LogP contribution in [-0.4, -0.2) is 11.1 Å². The number of carbonyl (C=O) groups is 1. The van der Waals surface area contributed by atoms with Crippen LogP contribution in [0.1, 0.15) is 27.2 Å². The SMILES string of the molecule is Cc1ccc(Br)c(C(=O)Nc2onc(C)c2C)c1. The van der Waals surface area contributed by atoms with Gasteiger partial charge in [-0.3, -0.25) is 10.1 Å². The average molecular weight is 309 g/mol. The summed E-state index contributed by atoms with van der Waals surface area (Å²) in [5.41, 5.74) is 3.21. The first kappa shape index (κ1) is 12.8. The largest absolute Gasteiger partial charge is 0.338 e. The number of anilines is 1. The molecule has 0 atom stereocenters. The summed E-state index contributed by atoms with van der Waals surface area (Å²) in [5.74, 6) is 0.177. The van der Waals surface area contributed by atoms with Crippen molar-refractivity contribution in [1.29, 1.82) is 0 Å². The van der Waals surface area contributed by atoms with Gasteiger partial charge in [-0.25, -0.2) is 0 Å². The minimum absolute atomic E-state index is 0.218. The number of aryl methyl sites for hydroxylation is 2. The molecular weight excluding hydrogens is 296 g/mol. The van der Waals surface area contributed by atoms with E-state index >= 15 is 0 Å². The number of rotatable bonds is 2. The predicted octanol–water partition coefficient (Wildman–Crippen LogP) is 3.61. The maximum atomic E-state index is 12.1. The van der Waals surface area contributed by atoms with Crippen molar-refractivity contribution in [2.24, 2.45) is 0 Å². The van der Waals surface area contributed by atoms with Crippen molar-refractivity contribution in [1.82, 2.24) is 5.16 Å². The molecule has 18 heavy (non-hydrogen) atoms. The number of hydrogen-bond donors (Lipinski definition) is 1. The van der Waals surface area contributed by atoms with Gasteiger partial charge >= 0.3 is 0 Å². The number of halogens is 1. The Kier molecular flexibility index (Phi) is 3.52. The van der Waals surface area contributed by atoms with E-state index in [4.69, 9.17) is 4.52 Å². The van der Waals surface area contributed by atoms with Crippen molar-refractivity contribution in [3.8, 4) is 0 Å². The number of carbonyl (C=O) groups excluding carboxylic acids is 1. The minimum Gasteiger partial charge on any atom is -0.338 e. The van der Waals surface area contributed by atoms with Crippen molar-refractivity contribution in [2.75, 3.05) is 5.32 Å². The quantitative estimate of drug-likeness (QED) is 0.922. The molecule has 0 spiro atoms. The Morgan fingerprint density at radius 2 is 2.06 bits per heavy atom. The number of hydrogen-bond acceptors (Lipinski definition) is 3. The van der Waals surface area contributed by atoms with Gasteiger partial charge in [0.15, 0.2) is 0 Å². The lowest BCUT2D eigenvalue weighted by atomic mass is 10.1. The molecule has 94 valence electrons. The lowest BCUT2D eigenvalue weighted by Gasteiger charge is -2.05. The molecule has 1 aromatic carbocycles. The van der Waals surface area contributed by atoms with Gasteiger partial charge < -0.3 is 4.52 Å². The average Bonchev–Trinajstić information content (AvgIpc) is 2.64. The van der Waals surface area contributed by atoms with E-state index in [1.807, 2.05) is 39.0 Å². The Hall–Kier alpha value is -1.62. The van der Waals surface area contributed by atoms with Gasteiger partial charge in [0.25, 0.3) is 5.91 Å². The van der Waals surface area contributed by atoms with Crippen LogP contribution in [0.3, 0.4) is 0 Å². The van der Waals surface area contributed by atoms with Crippen LogP contribution in [0.15, 0.2) is 27.2 Å². The second-order valence-corrected chi connectivity index (χ2v) is 5.01. The maximum Gasteiger partial charge on any atom is 0.259 e. The first-order chi connectivity index (χ1) is 8.49. The number of aromatic nitrogens is 1. The van der Waals surface area contributed by atoms with Gasteiger partial charge in [-0.1, -0.05) is 16.8 Å².